The van der Waals surface area contributed by atoms with Gasteiger partial charge in [-0.15, -0.1) is 0 Å². The molecule has 2 N–H and O–H groups in total. The number of benzene rings is 1. The summed E-state index contributed by atoms with van der Waals surface area (Å²) in [5, 5.41) is 0.515. The van der Waals surface area contributed by atoms with Gasteiger partial charge in [-0.1, -0.05) is 6.92 Å². The second-order valence-corrected chi connectivity index (χ2v) is 5.71. The van der Waals surface area contributed by atoms with Crippen molar-refractivity contribution in [1.29, 1.82) is 0 Å². The first-order valence-corrected chi connectivity index (χ1v) is 7.13. The number of ether oxygens (including phenoxy) is 1. The van der Waals surface area contributed by atoms with E-state index in [0.29, 0.717) is 11.8 Å². The second-order valence-electron chi connectivity index (χ2n) is 4.28. The molecule has 0 spiro atoms. The Morgan fingerprint density at radius 1 is 1.50 bits per heavy atom. The van der Waals surface area contributed by atoms with Crippen LogP contribution < -0.4 is 10.5 Å². The van der Waals surface area contributed by atoms with Crippen LogP contribution in [0.2, 0.25) is 0 Å². The van der Waals surface area contributed by atoms with Gasteiger partial charge in [0.05, 0.1) is 7.11 Å². The lowest BCUT2D eigenvalue weighted by molar-refractivity contribution is 0.101. The average Bonchev–Trinajstić information content (AvgIpc) is 2.36. The van der Waals surface area contributed by atoms with Gasteiger partial charge in [0.25, 0.3) is 0 Å². The monoisotopic (exact) mass is 267 g/mol. The summed E-state index contributed by atoms with van der Waals surface area (Å²) in [7, 11) is 1.65. The third kappa shape index (κ3) is 4.35. The molecule has 0 aliphatic carbocycles. The van der Waals surface area contributed by atoms with Crippen molar-refractivity contribution in [2.75, 3.05) is 13.7 Å². The Morgan fingerprint density at radius 2 is 2.22 bits per heavy atom. The third-order valence-electron chi connectivity index (χ3n) is 2.78. The fourth-order valence-electron chi connectivity index (χ4n) is 1.66. The van der Waals surface area contributed by atoms with Crippen LogP contribution in [0, 0.1) is 0 Å². The van der Waals surface area contributed by atoms with Gasteiger partial charge in [0.15, 0.2) is 5.78 Å². The molecule has 0 saturated heterocycles. The predicted octanol–water partition coefficient (Wildman–Crippen LogP) is 2.87. The van der Waals surface area contributed by atoms with Crippen molar-refractivity contribution >= 4 is 17.5 Å². The van der Waals surface area contributed by atoms with Gasteiger partial charge in [-0.3, -0.25) is 4.79 Å². The molecule has 0 amide bonds. The van der Waals surface area contributed by atoms with E-state index in [1.165, 1.54) is 0 Å². The largest absolute Gasteiger partial charge is 0.496 e. The van der Waals surface area contributed by atoms with Crippen molar-refractivity contribution in [3.05, 3.63) is 29.3 Å². The lowest BCUT2D eigenvalue weighted by Gasteiger charge is -2.13. The fraction of sp³-hybridized carbons (Fsp3) is 0.500. The van der Waals surface area contributed by atoms with E-state index in [1.807, 2.05) is 23.9 Å². The van der Waals surface area contributed by atoms with Crippen molar-refractivity contribution in [2.45, 2.75) is 31.3 Å². The predicted molar refractivity (Wildman–Crippen MR) is 77.4 cm³/mol. The zero-order valence-electron chi connectivity index (χ0n) is 11.2. The summed E-state index contributed by atoms with van der Waals surface area (Å²) in [5.41, 5.74) is 7.34. The number of carbonyl (C=O) groups is 1. The normalized spacial score (nSPS) is 12.2. The number of ketones is 1. The maximum Gasteiger partial charge on any atom is 0.159 e. The van der Waals surface area contributed by atoms with Crippen LogP contribution in [0.3, 0.4) is 0 Å². The summed E-state index contributed by atoms with van der Waals surface area (Å²) < 4.78 is 5.32. The van der Waals surface area contributed by atoms with Gasteiger partial charge in [-0.05, 0) is 38.1 Å². The molecule has 0 aromatic heterocycles. The van der Waals surface area contributed by atoms with Gasteiger partial charge < -0.3 is 10.5 Å². The SMILES string of the molecule is COc1ccc(C(C)=O)cc1CSC(C)CCN. The first-order valence-electron chi connectivity index (χ1n) is 6.08. The highest BCUT2D eigenvalue weighted by atomic mass is 32.2. The van der Waals surface area contributed by atoms with E-state index in [4.69, 9.17) is 10.5 Å². The Labute approximate surface area is 113 Å². The average molecular weight is 267 g/mol. The van der Waals surface area contributed by atoms with Crippen LogP contribution in [0.4, 0.5) is 0 Å². The number of hydrogen-bond donors (Lipinski definition) is 1. The quantitative estimate of drug-likeness (QED) is 0.772. The molecule has 18 heavy (non-hydrogen) atoms. The maximum atomic E-state index is 11.4. The molecule has 3 nitrogen and oxygen atoms in total. The highest BCUT2D eigenvalue weighted by molar-refractivity contribution is 7.99. The summed E-state index contributed by atoms with van der Waals surface area (Å²) in [5.74, 6) is 1.76. The van der Waals surface area contributed by atoms with E-state index < -0.39 is 0 Å². The van der Waals surface area contributed by atoms with E-state index in [1.54, 1.807) is 20.1 Å². The van der Waals surface area contributed by atoms with Crippen LogP contribution in [0.25, 0.3) is 0 Å². The van der Waals surface area contributed by atoms with Gasteiger partial charge in [-0.2, -0.15) is 11.8 Å². The number of carbonyl (C=O) groups excluding carboxylic acids is 1. The van der Waals surface area contributed by atoms with Crippen molar-refractivity contribution in [1.82, 2.24) is 0 Å². The molecule has 0 aliphatic rings. The summed E-state index contributed by atoms with van der Waals surface area (Å²) in [6.07, 6.45) is 0.999. The van der Waals surface area contributed by atoms with Crippen LogP contribution >= 0.6 is 11.8 Å². The third-order valence-corrected chi connectivity index (χ3v) is 4.07. The molecule has 1 atom stereocenters. The van der Waals surface area contributed by atoms with Crippen LogP contribution in [0.15, 0.2) is 18.2 Å². The molecule has 4 heteroatoms. The summed E-state index contributed by atoms with van der Waals surface area (Å²) in [4.78, 5) is 11.4. The van der Waals surface area contributed by atoms with Crippen LogP contribution in [0.5, 0.6) is 5.75 Å². The van der Waals surface area contributed by atoms with E-state index in [9.17, 15) is 4.79 Å². The lowest BCUT2D eigenvalue weighted by Crippen LogP contribution is -2.07. The smallest absolute Gasteiger partial charge is 0.159 e. The van der Waals surface area contributed by atoms with Gasteiger partial charge in [-0.25, -0.2) is 0 Å². The number of methoxy groups -OCH3 is 1. The zero-order chi connectivity index (χ0) is 13.5. The summed E-state index contributed by atoms with van der Waals surface area (Å²) in [6.45, 7) is 4.45. The first-order chi connectivity index (χ1) is 8.58. The summed E-state index contributed by atoms with van der Waals surface area (Å²) >= 11 is 1.83. The molecular weight excluding hydrogens is 246 g/mol. The van der Waals surface area contributed by atoms with Crippen molar-refractivity contribution in [2.24, 2.45) is 5.73 Å². The Kier molecular flexibility index (Phi) is 6.22. The fourth-order valence-corrected chi connectivity index (χ4v) is 2.65. The first kappa shape index (κ1) is 15.1. The van der Waals surface area contributed by atoms with Gasteiger partial charge in [0.2, 0.25) is 0 Å². The molecular formula is C14H21NO2S. The molecule has 1 rings (SSSR count). The highest BCUT2D eigenvalue weighted by Crippen LogP contribution is 2.27. The van der Waals surface area contributed by atoms with Crippen molar-refractivity contribution < 1.29 is 9.53 Å². The second kappa shape index (κ2) is 7.44. The lowest BCUT2D eigenvalue weighted by atomic mass is 10.1. The Hall–Kier alpha value is -1.00. The Bertz CT molecular complexity index is 407. The van der Waals surface area contributed by atoms with E-state index in [-0.39, 0.29) is 5.78 Å². The molecule has 0 saturated carbocycles. The molecule has 100 valence electrons. The number of nitrogens with two attached hydrogens (primary N) is 1. The van der Waals surface area contributed by atoms with E-state index >= 15 is 0 Å². The topological polar surface area (TPSA) is 52.3 Å². The number of Topliss-reactive ketones (excluding diaryl/α,β-unsaturated/α-hetero) is 1. The summed E-state index contributed by atoms with van der Waals surface area (Å²) in [6, 6.07) is 5.59. The molecule has 0 radical (unpaired) electrons. The Morgan fingerprint density at radius 3 is 2.78 bits per heavy atom. The standard InChI is InChI=1S/C14H21NO2S/c1-10(6-7-15)18-9-13-8-12(11(2)16)4-5-14(13)17-3/h4-5,8,10H,6-7,9,15H2,1-3H3. The van der Waals surface area contributed by atoms with Crippen LogP contribution in [-0.4, -0.2) is 24.7 Å². The highest BCUT2D eigenvalue weighted by Gasteiger charge is 2.09. The Balaban J connectivity index is 2.78. The molecule has 1 unspecified atom stereocenters. The van der Waals surface area contributed by atoms with Crippen molar-refractivity contribution in [3.8, 4) is 5.75 Å². The minimum Gasteiger partial charge on any atom is -0.496 e. The minimum atomic E-state index is 0.0823. The molecule has 1 aromatic rings. The van der Waals surface area contributed by atoms with Crippen molar-refractivity contribution in [3.63, 3.8) is 0 Å². The van der Waals surface area contributed by atoms with Crippen LogP contribution in [0.1, 0.15) is 36.2 Å². The van der Waals surface area contributed by atoms with Gasteiger partial charge in [0.1, 0.15) is 5.75 Å². The molecule has 0 aliphatic heterocycles. The molecule has 0 fully saturated rings. The molecule has 0 heterocycles. The van der Waals surface area contributed by atoms with Gasteiger partial charge >= 0.3 is 0 Å². The number of hydrogen-bond acceptors (Lipinski definition) is 4. The molecule has 0 bridgehead atoms. The van der Waals surface area contributed by atoms with Gasteiger partial charge in [0, 0.05) is 22.1 Å². The zero-order valence-corrected chi connectivity index (χ0v) is 12.0. The number of thioether (sulfide) groups is 1. The van der Waals surface area contributed by atoms with Crippen LogP contribution in [-0.2, 0) is 5.75 Å². The number of rotatable bonds is 7. The maximum absolute atomic E-state index is 11.4. The van der Waals surface area contributed by atoms with E-state index in [0.717, 1.165) is 29.1 Å². The minimum absolute atomic E-state index is 0.0823. The van der Waals surface area contributed by atoms with E-state index in [2.05, 4.69) is 6.92 Å². The molecule has 1 aromatic carbocycles.